The Bertz CT molecular complexity index is 1050. The first-order chi connectivity index (χ1) is 11.7. The molecule has 0 atom stereocenters. The highest BCUT2D eigenvalue weighted by molar-refractivity contribution is 5.78. The van der Waals surface area contributed by atoms with Gasteiger partial charge in [0.1, 0.15) is 17.3 Å². The van der Waals surface area contributed by atoms with Gasteiger partial charge >= 0.3 is 5.69 Å². The summed E-state index contributed by atoms with van der Waals surface area (Å²) in [4.78, 5) is 16.7. The monoisotopic (exact) mass is 358 g/mol. The van der Waals surface area contributed by atoms with Crippen molar-refractivity contribution in [2.45, 2.75) is 6.54 Å². The average Bonchev–Trinajstić information content (AvgIpc) is 3.18. The van der Waals surface area contributed by atoms with Crippen molar-refractivity contribution >= 4 is 16.7 Å². The molecule has 0 saturated carbocycles. The summed E-state index contributed by atoms with van der Waals surface area (Å²) >= 11 is 0. The van der Waals surface area contributed by atoms with Crippen LogP contribution in [0.3, 0.4) is 0 Å². The summed E-state index contributed by atoms with van der Waals surface area (Å²) in [5.74, 6) is 1.18. The predicted molar refractivity (Wildman–Crippen MR) is 90.3 cm³/mol. The SMILES string of the molecule is O=c1[nH]c2ccc(NCc3ccc(-c4ccc(F)cc4)o3)cc2[nH]1.[Cl-]. The van der Waals surface area contributed by atoms with Gasteiger partial charge in [-0.05, 0) is 54.6 Å². The van der Waals surface area contributed by atoms with Crippen LogP contribution in [0.1, 0.15) is 5.76 Å². The Morgan fingerprint density at radius 1 is 0.960 bits per heavy atom. The number of aromatic amines is 2. The summed E-state index contributed by atoms with van der Waals surface area (Å²) in [5.41, 5.74) is 2.99. The van der Waals surface area contributed by atoms with E-state index in [9.17, 15) is 9.18 Å². The van der Waals surface area contributed by atoms with E-state index in [1.807, 2.05) is 30.3 Å². The zero-order chi connectivity index (χ0) is 16.5. The quantitative estimate of drug-likeness (QED) is 0.507. The maximum Gasteiger partial charge on any atom is 0.323 e. The minimum Gasteiger partial charge on any atom is -1.00 e. The number of hydrogen-bond acceptors (Lipinski definition) is 3. The molecule has 4 rings (SSSR count). The molecule has 128 valence electrons. The molecule has 4 aromatic rings. The molecule has 0 radical (unpaired) electrons. The van der Waals surface area contributed by atoms with Gasteiger partial charge in [0, 0.05) is 11.3 Å². The van der Waals surface area contributed by atoms with Crippen molar-refractivity contribution in [3.8, 4) is 11.3 Å². The second kappa shape index (κ2) is 6.86. The molecule has 0 aliphatic carbocycles. The largest absolute Gasteiger partial charge is 1.00 e. The van der Waals surface area contributed by atoms with Crippen molar-refractivity contribution in [3.05, 3.63) is 76.7 Å². The van der Waals surface area contributed by atoms with E-state index in [1.54, 1.807) is 12.1 Å². The molecule has 0 aliphatic rings. The molecule has 0 aliphatic heterocycles. The van der Waals surface area contributed by atoms with E-state index in [0.717, 1.165) is 28.0 Å². The fourth-order valence-electron chi connectivity index (χ4n) is 2.57. The zero-order valence-corrected chi connectivity index (χ0v) is 13.7. The lowest BCUT2D eigenvalue weighted by molar-refractivity contribution is -0.00000610. The summed E-state index contributed by atoms with van der Waals surface area (Å²) in [6.45, 7) is 0.501. The molecule has 0 amide bonds. The number of nitrogens with one attached hydrogen (secondary N) is 3. The number of rotatable bonds is 4. The van der Waals surface area contributed by atoms with E-state index in [-0.39, 0.29) is 23.9 Å². The Kier molecular flexibility index (Phi) is 4.63. The van der Waals surface area contributed by atoms with Gasteiger partial charge in [0.05, 0.1) is 17.6 Å². The molecule has 0 fully saturated rings. The number of H-pyrrole nitrogens is 2. The van der Waals surface area contributed by atoms with E-state index in [0.29, 0.717) is 12.3 Å². The second-order valence-corrected chi connectivity index (χ2v) is 5.47. The Labute approximate surface area is 148 Å². The fourth-order valence-corrected chi connectivity index (χ4v) is 2.57. The molecule has 7 heteroatoms. The number of fused-ring (bicyclic) bond motifs is 1. The van der Waals surface area contributed by atoms with Gasteiger partial charge < -0.3 is 32.1 Å². The van der Waals surface area contributed by atoms with Gasteiger partial charge in [-0.3, -0.25) is 0 Å². The minimum atomic E-state index is -0.273. The van der Waals surface area contributed by atoms with Crippen molar-refractivity contribution in [1.82, 2.24) is 9.97 Å². The number of aromatic nitrogens is 2. The van der Waals surface area contributed by atoms with E-state index in [2.05, 4.69) is 15.3 Å². The second-order valence-electron chi connectivity index (χ2n) is 5.47. The van der Waals surface area contributed by atoms with Crippen molar-refractivity contribution in [2.24, 2.45) is 0 Å². The highest BCUT2D eigenvalue weighted by Gasteiger charge is 2.06. The highest BCUT2D eigenvalue weighted by atomic mass is 35.5. The van der Waals surface area contributed by atoms with Crippen LogP contribution in [0.15, 0.2) is 63.8 Å². The Morgan fingerprint density at radius 3 is 2.52 bits per heavy atom. The summed E-state index contributed by atoms with van der Waals surface area (Å²) < 4.78 is 18.7. The van der Waals surface area contributed by atoms with E-state index in [1.165, 1.54) is 12.1 Å². The predicted octanol–water partition coefficient (Wildman–Crippen LogP) is 0.871. The molecule has 2 heterocycles. The molecule has 0 unspecified atom stereocenters. The Balaban J connectivity index is 0.00000182. The van der Waals surface area contributed by atoms with Crippen molar-refractivity contribution in [3.63, 3.8) is 0 Å². The number of benzene rings is 2. The van der Waals surface area contributed by atoms with Crippen LogP contribution in [-0.4, -0.2) is 9.97 Å². The molecule has 0 spiro atoms. The Hall–Kier alpha value is -2.99. The molecule has 3 N–H and O–H groups in total. The van der Waals surface area contributed by atoms with Crippen LogP contribution >= 0.6 is 0 Å². The number of furan rings is 1. The van der Waals surface area contributed by atoms with Gasteiger partial charge in [-0.2, -0.15) is 0 Å². The summed E-state index contributed by atoms with van der Waals surface area (Å²) in [6, 6.07) is 15.5. The summed E-state index contributed by atoms with van der Waals surface area (Å²) in [6.07, 6.45) is 0. The number of halogens is 2. The molecule has 2 aromatic carbocycles. The van der Waals surface area contributed by atoms with Crippen molar-refractivity contribution in [2.75, 3.05) is 5.32 Å². The van der Waals surface area contributed by atoms with Crippen LogP contribution in [-0.2, 0) is 6.54 Å². The van der Waals surface area contributed by atoms with Gasteiger partial charge in [0.15, 0.2) is 0 Å². The first kappa shape index (κ1) is 16.9. The number of hydrogen-bond donors (Lipinski definition) is 3. The lowest BCUT2D eigenvalue weighted by Gasteiger charge is -2.04. The molecule has 0 bridgehead atoms. The van der Waals surface area contributed by atoms with Gasteiger partial charge in [-0.1, -0.05) is 0 Å². The lowest BCUT2D eigenvalue weighted by Crippen LogP contribution is -3.00. The fraction of sp³-hybridized carbons (Fsp3) is 0.0556. The molecular weight excluding hydrogens is 345 g/mol. The first-order valence-corrected chi connectivity index (χ1v) is 7.48. The van der Waals surface area contributed by atoms with Crippen molar-refractivity contribution < 1.29 is 21.2 Å². The molecule has 0 saturated heterocycles. The van der Waals surface area contributed by atoms with Crippen LogP contribution in [0.25, 0.3) is 22.4 Å². The topological polar surface area (TPSA) is 73.8 Å². The molecule has 5 nitrogen and oxygen atoms in total. The van der Waals surface area contributed by atoms with E-state index >= 15 is 0 Å². The third kappa shape index (κ3) is 3.59. The number of imidazole rings is 1. The third-order valence-electron chi connectivity index (χ3n) is 3.77. The normalized spacial score (nSPS) is 10.6. The van der Waals surface area contributed by atoms with Crippen LogP contribution in [0.5, 0.6) is 0 Å². The zero-order valence-electron chi connectivity index (χ0n) is 13.0. The standard InChI is InChI=1S/C18H14FN3O2.ClH/c19-12-3-1-11(2-4-12)17-8-6-14(24-17)10-20-13-5-7-15-16(9-13)22-18(23)21-15;/h1-9,20H,10H2,(H2,21,22,23);1H/p-1. The van der Waals surface area contributed by atoms with Crippen LogP contribution in [0.4, 0.5) is 10.1 Å². The average molecular weight is 359 g/mol. The summed E-state index contributed by atoms with van der Waals surface area (Å²) in [7, 11) is 0. The van der Waals surface area contributed by atoms with Gasteiger partial charge in [0.25, 0.3) is 0 Å². The van der Waals surface area contributed by atoms with Crippen molar-refractivity contribution in [1.29, 1.82) is 0 Å². The molecular formula is C18H14ClFN3O2-. The minimum absolute atomic E-state index is 0. The summed E-state index contributed by atoms with van der Waals surface area (Å²) in [5, 5.41) is 3.25. The maximum atomic E-state index is 13.0. The van der Waals surface area contributed by atoms with Crippen LogP contribution < -0.4 is 23.4 Å². The Morgan fingerprint density at radius 2 is 1.72 bits per heavy atom. The number of anilines is 1. The van der Waals surface area contributed by atoms with Gasteiger partial charge in [-0.25, -0.2) is 9.18 Å². The van der Waals surface area contributed by atoms with Crippen LogP contribution in [0, 0.1) is 5.82 Å². The smallest absolute Gasteiger partial charge is 0.323 e. The van der Waals surface area contributed by atoms with E-state index in [4.69, 9.17) is 4.42 Å². The van der Waals surface area contributed by atoms with Gasteiger partial charge in [-0.15, -0.1) is 0 Å². The first-order valence-electron chi connectivity index (χ1n) is 7.48. The van der Waals surface area contributed by atoms with Crippen LogP contribution in [0.2, 0.25) is 0 Å². The lowest BCUT2D eigenvalue weighted by atomic mass is 10.2. The molecule has 25 heavy (non-hydrogen) atoms. The third-order valence-corrected chi connectivity index (χ3v) is 3.77. The highest BCUT2D eigenvalue weighted by Crippen LogP contribution is 2.23. The maximum absolute atomic E-state index is 13.0. The van der Waals surface area contributed by atoms with Gasteiger partial charge in [0.2, 0.25) is 0 Å². The van der Waals surface area contributed by atoms with E-state index < -0.39 is 0 Å². The molecule has 2 aromatic heterocycles.